The third kappa shape index (κ3) is 2.64. The number of aryl methyl sites for hydroxylation is 1. The Labute approximate surface area is 117 Å². The largest absolute Gasteiger partial charge is 0.495 e. The molecule has 6 nitrogen and oxygen atoms in total. The van der Waals surface area contributed by atoms with E-state index < -0.39 is 5.97 Å². The molecule has 0 saturated carbocycles. The second kappa shape index (κ2) is 6.18. The normalized spacial score (nSPS) is 11.2. The van der Waals surface area contributed by atoms with Crippen LogP contribution < -0.4 is 4.74 Å². The van der Waals surface area contributed by atoms with Crippen molar-refractivity contribution in [1.29, 1.82) is 0 Å². The summed E-state index contributed by atoms with van der Waals surface area (Å²) >= 11 is 0. The Bertz CT molecular complexity index is 646. The zero-order chi connectivity index (χ0) is 14.5. The second-order valence-corrected chi connectivity index (χ2v) is 4.19. The van der Waals surface area contributed by atoms with Crippen LogP contribution in [0.25, 0.3) is 11.0 Å². The number of nitrogens with zero attached hydrogens (tertiary/aromatic N) is 3. The first kappa shape index (κ1) is 14.0. The summed E-state index contributed by atoms with van der Waals surface area (Å²) in [7, 11) is 3.29. The quantitative estimate of drug-likeness (QED) is 0.617. The molecule has 0 bridgehead atoms. The Morgan fingerprint density at radius 2 is 2.20 bits per heavy atom. The molecule has 2 rings (SSSR count). The smallest absolute Gasteiger partial charge is 0.343 e. The number of ether oxygens (including phenoxy) is 2. The Kier molecular flexibility index (Phi) is 4.34. The number of esters is 1. The van der Waals surface area contributed by atoms with Crippen LogP contribution in [0.3, 0.4) is 0 Å². The number of hydrogen-bond acceptors (Lipinski definition) is 5. The fourth-order valence-electron chi connectivity index (χ4n) is 1.88. The molecule has 0 radical (unpaired) electrons. The van der Waals surface area contributed by atoms with Crippen LogP contribution >= 0.6 is 0 Å². The first-order valence-corrected chi connectivity index (χ1v) is 6.35. The number of carbonyl (C=O) groups is 1. The van der Waals surface area contributed by atoms with Crippen LogP contribution in [-0.4, -0.2) is 34.5 Å². The summed E-state index contributed by atoms with van der Waals surface area (Å²) in [5.41, 5.74) is 0.960. The highest BCUT2D eigenvalue weighted by atomic mass is 16.5. The molecule has 0 saturated heterocycles. The van der Waals surface area contributed by atoms with Crippen LogP contribution in [0.2, 0.25) is 0 Å². The molecule has 0 fully saturated rings. The molecule has 20 heavy (non-hydrogen) atoms. The zero-order valence-corrected chi connectivity index (χ0v) is 11.8. The van der Waals surface area contributed by atoms with Gasteiger partial charge in [-0.25, -0.2) is 9.78 Å². The summed E-state index contributed by atoms with van der Waals surface area (Å²) in [6.07, 6.45) is 7.72. The van der Waals surface area contributed by atoms with E-state index in [0.29, 0.717) is 22.3 Å². The van der Waals surface area contributed by atoms with Gasteiger partial charge in [0.1, 0.15) is 17.9 Å². The van der Waals surface area contributed by atoms with Crippen LogP contribution in [-0.2, 0) is 11.8 Å². The van der Waals surface area contributed by atoms with Gasteiger partial charge in [0.2, 0.25) is 0 Å². The molecule has 0 aliphatic carbocycles. The number of hydrogen-bond donors (Lipinski definition) is 0. The van der Waals surface area contributed by atoms with Crippen LogP contribution in [0.1, 0.15) is 23.7 Å². The topological polar surface area (TPSA) is 66.2 Å². The lowest BCUT2D eigenvalue weighted by Gasteiger charge is -2.08. The van der Waals surface area contributed by atoms with E-state index in [9.17, 15) is 4.79 Å². The van der Waals surface area contributed by atoms with Crippen LogP contribution in [0.15, 0.2) is 24.5 Å². The number of pyridine rings is 1. The van der Waals surface area contributed by atoms with Crippen molar-refractivity contribution in [1.82, 2.24) is 14.8 Å². The maximum absolute atomic E-state index is 12.0. The van der Waals surface area contributed by atoms with Crippen LogP contribution in [0.5, 0.6) is 5.75 Å². The molecule has 0 aliphatic heterocycles. The molecule has 2 aromatic heterocycles. The predicted molar refractivity (Wildman–Crippen MR) is 74.8 cm³/mol. The summed E-state index contributed by atoms with van der Waals surface area (Å²) in [5, 5.41) is 4.79. The van der Waals surface area contributed by atoms with Gasteiger partial charge in [-0.3, -0.25) is 4.68 Å². The highest BCUT2D eigenvalue weighted by Gasteiger charge is 2.19. The van der Waals surface area contributed by atoms with E-state index in [0.717, 1.165) is 6.42 Å². The summed E-state index contributed by atoms with van der Waals surface area (Å²) in [6.45, 7) is 2.25. The molecule has 0 atom stereocenters. The standard InChI is InChI=1S/C14H17N3O3/c1-4-5-6-7-20-14(18)11-8-15-13-10(12(11)19-3)9-16-17(13)2/h5-6,8-9H,4,7H2,1-3H3/b6-5+. The van der Waals surface area contributed by atoms with Gasteiger partial charge in [-0.05, 0) is 6.42 Å². The Morgan fingerprint density at radius 3 is 2.90 bits per heavy atom. The maximum Gasteiger partial charge on any atom is 0.343 e. The summed E-state index contributed by atoms with van der Waals surface area (Å²) in [4.78, 5) is 16.3. The molecule has 6 heteroatoms. The Morgan fingerprint density at radius 1 is 1.40 bits per heavy atom. The number of allylic oxidation sites excluding steroid dienone is 1. The highest BCUT2D eigenvalue weighted by Crippen LogP contribution is 2.28. The Balaban J connectivity index is 2.29. The van der Waals surface area contributed by atoms with E-state index in [1.807, 2.05) is 13.0 Å². The molecule has 2 aromatic rings. The molecular weight excluding hydrogens is 258 g/mol. The zero-order valence-electron chi connectivity index (χ0n) is 11.8. The van der Waals surface area contributed by atoms with Crippen molar-refractivity contribution >= 4 is 17.0 Å². The van der Waals surface area contributed by atoms with Crippen molar-refractivity contribution < 1.29 is 14.3 Å². The van der Waals surface area contributed by atoms with E-state index in [4.69, 9.17) is 9.47 Å². The number of carbonyl (C=O) groups excluding carboxylic acids is 1. The van der Waals surface area contributed by atoms with Gasteiger partial charge in [0.15, 0.2) is 5.65 Å². The van der Waals surface area contributed by atoms with Crippen molar-refractivity contribution in [3.8, 4) is 5.75 Å². The lowest BCUT2D eigenvalue weighted by Crippen LogP contribution is -2.08. The fourth-order valence-corrected chi connectivity index (χ4v) is 1.88. The van der Waals surface area contributed by atoms with E-state index in [-0.39, 0.29) is 6.61 Å². The molecule has 0 amide bonds. The summed E-state index contributed by atoms with van der Waals surface area (Å²) in [5.74, 6) is -0.0200. The second-order valence-electron chi connectivity index (χ2n) is 4.19. The van der Waals surface area contributed by atoms with Crippen molar-refractivity contribution in [2.45, 2.75) is 13.3 Å². The lowest BCUT2D eigenvalue weighted by atomic mass is 10.2. The maximum atomic E-state index is 12.0. The van der Waals surface area contributed by atoms with Gasteiger partial charge in [0.25, 0.3) is 0 Å². The first-order chi connectivity index (χ1) is 9.69. The first-order valence-electron chi connectivity index (χ1n) is 6.35. The van der Waals surface area contributed by atoms with Crippen molar-refractivity contribution in [3.05, 3.63) is 30.1 Å². The monoisotopic (exact) mass is 275 g/mol. The molecular formula is C14H17N3O3. The number of methoxy groups -OCH3 is 1. The minimum Gasteiger partial charge on any atom is -0.495 e. The van der Waals surface area contributed by atoms with E-state index in [2.05, 4.69) is 10.1 Å². The Hall–Kier alpha value is -2.37. The van der Waals surface area contributed by atoms with Gasteiger partial charge in [-0.15, -0.1) is 0 Å². The van der Waals surface area contributed by atoms with Gasteiger partial charge in [-0.2, -0.15) is 5.10 Å². The van der Waals surface area contributed by atoms with E-state index >= 15 is 0 Å². The third-order valence-corrected chi connectivity index (χ3v) is 2.85. The third-order valence-electron chi connectivity index (χ3n) is 2.85. The van der Waals surface area contributed by atoms with Gasteiger partial charge in [-0.1, -0.05) is 19.1 Å². The highest BCUT2D eigenvalue weighted by molar-refractivity contribution is 5.98. The average Bonchev–Trinajstić information content (AvgIpc) is 2.84. The molecule has 2 heterocycles. The van der Waals surface area contributed by atoms with Crippen LogP contribution in [0.4, 0.5) is 0 Å². The van der Waals surface area contributed by atoms with Crippen molar-refractivity contribution in [3.63, 3.8) is 0 Å². The SMILES string of the molecule is CC/C=C/COC(=O)c1cnc2c(cnn2C)c1OC. The fraction of sp³-hybridized carbons (Fsp3) is 0.357. The van der Waals surface area contributed by atoms with Crippen molar-refractivity contribution in [2.24, 2.45) is 7.05 Å². The van der Waals surface area contributed by atoms with Gasteiger partial charge < -0.3 is 9.47 Å². The van der Waals surface area contributed by atoms with Gasteiger partial charge in [0.05, 0.1) is 18.7 Å². The number of aromatic nitrogens is 3. The van der Waals surface area contributed by atoms with Gasteiger partial charge in [0, 0.05) is 13.2 Å². The van der Waals surface area contributed by atoms with E-state index in [1.54, 1.807) is 24.0 Å². The number of fused-ring (bicyclic) bond motifs is 1. The van der Waals surface area contributed by atoms with Crippen molar-refractivity contribution in [2.75, 3.05) is 13.7 Å². The molecule has 0 aromatic carbocycles. The average molecular weight is 275 g/mol. The number of rotatable bonds is 5. The summed E-state index contributed by atoms with van der Waals surface area (Å²) in [6, 6.07) is 0. The molecule has 0 unspecified atom stereocenters. The summed E-state index contributed by atoms with van der Waals surface area (Å²) < 4.78 is 12.1. The van der Waals surface area contributed by atoms with E-state index in [1.165, 1.54) is 13.3 Å². The molecule has 0 aliphatic rings. The molecule has 106 valence electrons. The minimum atomic E-state index is -0.458. The predicted octanol–water partition coefficient (Wildman–Crippen LogP) is 2.10. The minimum absolute atomic E-state index is 0.237. The lowest BCUT2D eigenvalue weighted by molar-refractivity contribution is 0.0545. The van der Waals surface area contributed by atoms with Gasteiger partial charge >= 0.3 is 5.97 Å². The molecule has 0 spiro atoms. The molecule has 0 N–H and O–H groups in total. The van der Waals surface area contributed by atoms with Crippen LogP contribution in [0, 0.1) is 0 Å².